The van der Waals surface area contributed by atoms with Crippen LogP contribution in [0.4, 0.5) is 4.39 Å². The van der Waals surface area contributed by atoms with Gasteiger partial charge < -0.3 is 14.0 Å². The second-order valence-electron chi connectivity index (χ2n) is 5.64. The van der Waals surface area contributed by atoms with Gasteiger partial charge in [-0.2, -0.15) is 4.39 Å². The first-order chi connectivity index (χ1) is 9.19. The third kappa shape index (κ3) is 2.31. The van der Waals surface area contributed by atoms with Crippen molar-refractivity contribution in [3.63, 3.8) is 0 Å². The number of rotatable bonds is 2. The highest BCUT2D eigenvalue weighted by Crippen LogP contribution is 2.36. The zero-order valence-corrected chi connectivity index (χ0v) is 12.2. The number of carbonyl (C=O) groups is 1. The van der Waals surface area contributed by atoms with Crippen LogP contribution in [0.3, 0.4) is 0 Å². The molecule has 2 rings (SSSR count). The third-order valence-electron chi connectivity index (χ3n) is 3.84. The standard InChI is InChI=1S/C13H17BFNO4/c1-12(2)13(3,4)20-14(19-12)9-8(11(17)18-5)6-7-16-10(9)15/h6-7H,1-5H3. The molecular formula is C13H17BFNO4. The van der Waals surface area contributed by atoms with Gasteiger partial charge in [0.2, 0.25) is 5.95 Å². The molecule has 7 heteroatoms. The number of hydrogen-bond acceptors (Lipinski definition) is 5. The summed E-state index contributed by atoms with van der Waals surface area (Å²) in [6.07, 6.45) is 1.20. The Labute approximate surface area is 117 Å². The van der Waals surface area contributed by atoms with E-state index in [1.54, 1.807) is 0 Å². The van der Waals surface area contributed by atoms with Crippen molar-refractivity contribution in [1.82, 2.24) is 4.98 Å². The van der Waals surface area contributed by atoms with Gasteiger partial charge in [-0.15, -0.1) is 0 Å². The van der Waals surface area contributed by atoms with E-state index in [-0.39, 0.29) is 11.0 Å². The van der Waals surface area contributed by atoms with E-state index in [9.17, 15) is 9.18 Å². The molecule has 1 aliphatic heterocycles. The van der Waals surface area contributed by atoms with Crippen LogP contribution in [0.5, 0.6) is 0 Å². The summed E-state index contributed by atoms with van der Waals surface area (Å²) in [5.74, 6) is -1.46. The van der Waals surface area contributed by atoms with Gasteiger partial charge in [0.1, 0.15) is 0 Å². The zero-order chi connectivity index (χ0) is 15.1. The molecule has 0 aromatic carbocycles. The van der Waals surface area contributed by atoms with Crippen molar-refractivity contribution in [3.8, 4) is 0 Å². The molecule has 5 nitrogen and oxygen atoms in total. The molecule has 0 atom stereocenters. The molecule has 1 aromatic heterocycles. The smallest absolute Gasteiger partial charge is 0.465 e. The second kappa shape index (κ2) is 4.82. The van der Waals surface area contributed by atoms with Crippen LogP contribution in [0.15, 0.2) is 12.3 Å². The Bertz CT molecular complexity index is 531. The lowest BCUT2D eigenvalue weighted by molar-refractivity contribution is 0.00578. The molecule has 1 aliphatic rings. The molecule has 1 saturated heterocycles. The van der Waals surface area contributed by atoms with Gasteiger partial charge in [0.05, 0.1) is 29.3 Å². The zero-order valence-electron chi connectivity index (χ0n) is 12.2. The van der Waals surface area contributed by atoms with E-state index in [1.165, 1.54) is 19.4 Å². The topological polar surface area (TPSA) is 57.7 Å². The van der Waals surface area contributed by atoms with Gasteiger partial charge in [0.15, 0.2) is 0 Å². The van der Waals surface area contributed by atoms with Crippen LogP contribution < -0.4 is 5.46 Å². The lowest BCUT2D eigenvalue weighted by atomic mass is 9.76. The fraction of sp³-hybridized carbons (Fsp3) is 0.538. The maximum absolute atomic E-state index is 14.0. The minimum Gasteiger partial charge on any atom is -0.465 e. The van der Waals surface area contributed by atoms with Gasteiger partial charge >= 0.3 is 13.1 Å². The Morgan fingerprint density at radius 1 is 1.30 bits per heavy atom. The van der Waals surface area contributed by atoms with Crippen LogP contribution in [0, 0.1) is 5.95 Å². The maximum Gasteiger partial charge on any atom is 0.500 e. The summed E-state index contributed by atoms with van der Waals surface area (Å²) in [7, 11) is 0.233. The summed E-state index contributed by atoms with van der Waals surface area (Å²) in [6.45, 7) is 7.39. The first-order valence-corrected chi connectivity index (χ1v) is 6.28. The van der Waals surface area contributed by atoms with Crippen molar-refractivity contribution in [1.29, 1.82) is 0 Å². The highest BCUT2D eigenvalue weighted by Gasteiger charge is 2.53. The molecule has 0 saturated carbocycles. The Kier molecular flexibility index (Phi) is 3.60. The lowest BCUT2D eigenvalue weighted by Crippen LogP contribution is -2.41. The van der Waals surface area contributed by atoms with Crippen molar-refractivity contribution in [2.24, 2.45) is 0 Å². The van der Waals surface area contributed by atoms with Crippen LogP contribution >= 0.6 is 0 Å². The molecule has 0 bridgehead atoms. The fourth-order valence-corrected chi connectivity index (χ4v) is 1.92. The van der Waals surface area contributed by atoms with Gasteiger partial charge in [-0.05, 0) is 33.8 Å². The Hall–Kier alpha value is -1.47. The molecule has 0 N–H and O–H groups in total. The largest absolute Gasteiger partial charge is 0.500 e. The predicted molar refractivity (Wildman–Crippen MR) is 71.3 cm³/mol. The molecule has 1 aromatic rings. The summed E-state index contributed by atoms with van der Waals surface area (Å²) in [6, 6.07) is 1.38. The number of ether oxygens (including phenoxy) is 1. The Morgan fingerprint density at radius 3 is 2.35 bits per heavy atom. The van der Waals surface area contributed by atoms with Gasteiger partial charge in [0, 0.05) is 6.20 Å². The van der Waals surface area contributed by atoms with Gasteiger partial charge in [-0.3, -0.25) is 0 Å². The van der Waals surface area contributed by atoms with E-state index in [2.05, 4.69) is 9.72 Å². The van der Waals surface area contributed by atoms with E-state index in [0.29, 0.717) is 0 Å². The van der Waals surface area contributed by atoms with Crippen molar-refractivity contribution < 1.29 is 23.2 Å². The summed E-state index contributed by atoms with van der Waals surface area (Å²) < 4.78 is 30.2. The number of hydrogen-bond donors (Lipinski definition) is 0. The number of halogens is 1. The fourth-order valence-electron chi connectivity index (χ4n) is 1.92. The third-order valence-corrected chi connectivity index (χ3v) is 3.84. The van der Waals surface area contributed by atoms with Gasteiger partial charge in [0.25, 0.3) is 0 Å². The number of esters is 1. The Morgan fingerprint density at radius 2 is 1.85 bits per heavy atom. The van der Waals surface area contributed by atoms with Gasteiger partial charge in [-0.25, -0.2) is 9.78 Å². The average molecular weight is 281 g/mol. The number of nitrogens with zero attached hydrogens (tertiary/aromatic N) is 1. The molecule has 108 valence electrons. The molecular weight excluding hydrogens is 264 g/mol. The molecule has 0 spiro atoms. The number of carbonyl (C=O) groups excluding carboxylic acids is 1. The second-order valence-corrected chi connectivity index (χ2v) is 5.64. The SMILES string of the molecule is COC(=O)c1ccnc(F)c1B1OC(C)(C)C(C)(C)O1. The first kappa shape index (κ1) is 14.9. The number of pyridine rings is 1. The summed E-state index contributed by atoms with van der Waals surface area (Å²) in [5.41, 5.74) is -1.24. The molecule has 0 unspecified atom stereocenters. The van der Waals surface area contributed by atoms with Gasteiger partial charge in [-0.1, -0.05) is 0 Å². The van der Waals surface area contributed by atoms with Crippen molar-refractivity contribution in [3.05, 3.63) is 23.8 Å². The lowest BCUT2D eigenvalue weighted by Gasteiger charge is -2.32. The molecule has 20 heavy (non-hydrogen) atoms. The quantitative estimate of drug-likeness (QED) is 0.464. The normalized spacial score (nSPS) is 20.0. The first-order valence-electron chi connectivity index (χ1n) is 6.28. The monoisotopic (exact) mass is 281 g/mol. The summed E-state index contributed by atoms with van der Waals surface area (Å²) in [5, 5.41) is 0. The highest BCUT2D eigenvalue weighted by molar-refractivity contribution is 6.63. The highest BCUT2D eigenvalue weighted by atomic mass is 19.1. The number of methoxy groups -OCH3 is 1. The van der Waals surface area contributed by atoms with Crippen molar-refractivity contribution in [2.75, 3.05) is 7.11 Å². The van der Waals surface area contributed by atoms with Crippen LogP contribution in [-0.4, -0.2) is 36.4 Å². The molecule has 1 fully saturated rings. The number of aromatic nitrogens is 1. The van der Waals surface area contributed by atoms with E-state index >= 15 is 0 Å². The summed E-state index contributed by atoms with van der Waals surface area (Å²) in [4.78, 5) is 15.3. The molecule has 0 amide bonds. The molecule has 0 radical (unpaired) electrons. The van der Waals surface area contributed by atoms with Crippen LogP contribution in [0.2, 0.25) is 0 Å². The minimum atomic E-state index is -0.997. The maximum atomic E-state index is 14.0. The van der Waals surface area contributed by atoms with Crippen molar-refractivity contribution >= 4 is 18.6 Å². The molecule has 2 heterocycles. The van der Waals surface area contributed by atoms with Crippen LogP contribution in [0.1, 0.15) is 38.1 Å². The Balaban J connectivity index is 2.47. The van der Waals surface area contributed by atoms with E-state index in [1.807, 2.05) is 27.7 Å². The van der Waals surface area contributed by atoms with E-state index < -0.39 is 30.2 Å². The van der Waals surface area contributed by atoms with Crippen LogP contribution in [-0.2, 0) is 14.0 Å². The van der Waals surface area contributed by atoms with Crippen molar-refractivity contribution in [2.45, 2.75) is 38.9 Å². The van der Waals surface area contributed by atoms with Crippen LogP contribution in [0.25, 0.3) is 0 Å². The minimum absolute atomic E-state index is 0.0296. The summed E-state index contributed by atoms with van der Waals surface area (Å²) >= 11 is 0. The van der Waals surface area contributed by atoms with E-state index in [0.717, 1.165) is 0 Å². The molecule has 0 aliphatic carbocycles. The predicted octanol–water partition coefficient (Wildman–Crippen LogP) is 1.31. The van der Waals surface area contributed by atoms with E-state index in [4.69, 9.17) is 9.31 Å². The average Bonchev–Trinajstić information content (AvgIpc) is 2.56.